The van der Waals surface area contributed by atoms with Crippen molar-refractivity contribution in [1.82, 2.24) is 0 Å². The third-order valence-electron chi connectivity index (χ3n) is 5.05. The summed E-state index contributed by atoms with van der Waals surface area (Å²) in [7, 11) is -1.64. The van der Waals surface area contributed by atoms with Gasteiger partial charge in [0.2, 0.25) is 0 Å². The Morgan fingerprint density at radius 1 is 1.21 bits per heavy atom. The molecule has 133 valence electrons. The van der Waals surface area contributed by atoms with Crippen LogP contribution in [0.2, 0.25) is 13.1 Å². The maximum Gasteiger partial charge on any atom is -1.00 e. The van der Waals surface area contributed by atoms with Gasteiger partial charge in [-0.15, -0.1) is 0 Å². The Morgan fingerprint density at radius 3 is 2.29 bits per heavy atom. The molecule has 0 aromatic carbocycles. The molecule has 0 aliphatic heterocycles. The molecule has 0 amide bonds. The van der Waals surface area contributed by atoms with Gasteiger partial charge in [0.1, 0.15) is 0 Å². The zero-order valence-electron chi connectivity index (χ0n) is 15.7. The Kier molecular flexibility index (Phi) is 9.46. The number of rotatable bonds is 4. The Hall–Kier alpha value is 0.821. The van der Waals surface area contributed by atoms with E-state index in [1.54, 1.807) is 14.6 Å². The molecule has 0 bridgehead atoms. The molecule has 0 radical (unpaired) electrons. The molecule has 0 N–H and O–H groups in total. The van der Waals surface area contributed by atoms with Gasteiger partial charge in [0, 0.05) is 0 Å². The van der Waals surface area contributed by atoms with Crippen LogP contribution in [0.25, 0.3) is 0 Å². The Labute approximate surface area is 178 Å². The van der Waals surface area contributed by atoms with E-state index in [0.717, 1.165) is 6.42 Å². The first-order valence-corrected chi connectivity index (χ1v) is 13.1. The van der Waals surface area contributed by atoms with Crippen molar-refractivity contribution in [3.8, 4) is 0 Å². The molecule has 24 heavy (non-hydrogen) atoms. The number of hydrogen-bond acceptors (Lipinski definition) is 1. The maximum absolute atomic E-state index is 2.60. The molecule has 0 aromatic heterocycles. The van der Waals surface area contributed by atoms with E-state index >= 15 is 0 Å². The summed E-state index contributed by atoms with van der Waals surface area (Å²) in [4.78, 5) is 0. The smallest absolute Gasteiger partial charge is 1.00 e. The van der Waals surface area contributed by atoms with Crippen LogP contribution in [0.3, 0.4) is 0 Å². The van der Waals surface area contributed by atoms with Gasteiger partial charge in [-0.1, -0.05) is 0 Å². The number of halogens is 2. The van der Waals surface area contributed by atoms with Crippen LogP contribution < -0.4 is 24.8 Å². The van der Waals surface area contributed by atoms with E-state index in [2.05, 4.69) is 103 Å². The first kappa shape index (κ1) is 24.8. The van der Waals surface area contributed by atoms with Crippen LogP contribution in [0.1, 0.15) is 40.5 Å². The average molecular weight is 436 g/mol. The number of hydrogen-bond donors (Lipinski definition) is 0. The Morgan fingerprint density at radius 2 is 1.83 bits per heavy atom. The average Bonchev–Trinajstić information content (AvgIpc) is 2.85. The van der Waals surface area contributed by atoms with Crippen LogP contribution in [-0.2, 0) is 20.4 Å². The van der Waals surface area contributed by atoms with Crippen LogP contribution in [-0.4, -0.2) is 18.2 Å². The zero-order chi connectivity index (χ0) is 16.6. The summed E-state index contributed by atoms with van der Waals surface area (Å²) in [5.41, 5.74) is 1.89. The molecule has 0 spiro atoms. The van der Waals surface area contributed by atoms with Crippen molar-refractivity contribution in [1.29, 1.82) is 0 Å². The third kappa shape index (κ3) is 4.38. The largest absolute Gasteiger partial charge is 1.00 e. The van der Waals surface area contributed by atoms with Gasteiger partial charge in [0.15, 0.2) is 0 Å². The molecule has 1 unspecified atom stereocenters. The second-order valence-corrected chi connectivity index (χ2v) is 15.4. The summed E-state index contributed by atoms with van der Waals surface area (Å²) < 4.78 is 1.90. The van der Waals surface area contributed by atoms with E-state index in [1.165, 1.54) is 12.2 Å². The van der Waals surface area contributed by atoms with E-state index in [1.807, 2.05) is 0 Å². The summed E-state index contributed by atoms with van der Waals surface area (Å²) in [6, 6.07) is 0. The Balaban J connectivity index is 0.00000264. The minimum Gasteiger partial charge on any atom is -1.00 e. The van der Waals surface area contributed by atoms with E-state index in [-0.39, 0.29) is 30.2 Å². The summed E-state index contributed by atoms with van der Waals surface area (Å²) in [5.74, 6) is 1.19. The van der Waals surface area contributed by atoms with Gasteiger partial charge >= 0.3 is 154 Å². The standard InChI is InChI=1S/C19H29SSi.2ClH.Ti/c1-7-20-19(21(5,6)16-12-8-9-13-16)15-11-10-14-17(19)18(2,3)4;;;/h8,10-12,14H,7,9,15H2,1-6H3;2*1H;/q;;;+2/p-2. The molecule has 0 saturated heterocycles. The van der Waals surface area contributed by atoms with Crippen LogP contribution in [0.5, 0.6) is 0 Å². The second-order valence-electron chi connectivity index (χ2n) is 7.85. The molecule has 1 atom stereocenters. The van der Waals surface area contributed by atoms with Crippen LogP contribution in [0.4, 0.5) is 0 Å². The monoisotopic (exact) mass is 435 g/mol. The van der Waals surface area contributed by atoms with Crippen molar-refractivity contribution in [2.75, 3.05) is 5.75 Å². The molecule has 2 aliphatic rings. The van der Waals surface area contributed by atoms with E-state index in [9.17, 15) is 0 Å². The molecule has 5 heteroatoms. The van der Waals surface area contributed by atoms with Gasteiger partial charge in [0.05, 0.1) is 0 Å². The Bertz CT molecular complexity index is 570. The maximum atomic E-state index is 2.60. The van der Waals surface area contributed by atoms with E-state index < -0.39 is 8.07 Å². The number of thioether (sulfide) groups is 1. The quantitative estimate of drug-likeness (QED) is 0.558. The first-order chi connectivity index (χ1) is 10.2. The van der Waals surface area contributed by atoms with Gasteiger partial charge in [-0.2, -0.15) is 0 Å². The van der Waals surface area contributed by atoms with Gasteiger partial charge in [-0.3, -0.25) is 0 Å². The summed E-state index contributed by atoms with van der Waals surface area (Å²) in [5, 5.41) is 1.69. The topological polar surface area (TPSA) is 0 Å². The first-order valence-electron chi connectivity index (χ1n) is 8.30. The van der Waals surface area contributed by atoms with Crippen molar-refractivity contribution in [2.24, 2.45) is 5.41 Å². The van der Waals surface area contributed by atoms with Crippen molar-refractivity contribution in [3.05, 3.63) is 45.0 Å². The van der Waals surface area contributed by atoms with Gasteiger partial charge in [-0.25, -0.2) is 0 Å². The van der Waals surface area contributed by atoms with E-state index in [4.69, 9.17) is 0 Å². The van der Waals surface area contributed by atoms with Crippen LogP contribution in [0.15, 0.2) is 45.0 Å². The molecule has 2 aliphatic carbocycles. The van der Waals surface area contributed by atoms with Crippen molar-refractivity contribution in [3.63, 3.8) is 0 Å². The fraction of sp³-hybridized carbons (Fsp3) is 0.579. The predicted octanol–water partition coefficient (Wildman–Crippen LogP) is -0.0337. The molecule has 0 heterocycles. The van der Waals surface area contributed by atoms with Crippen molar-refractivity contribution < 1.29 is 45.2 Å². The molecule has 0 saturated carbocycles. The minimum atomic E-state index is -1.64. The van der Waals surface area contributed by atoms with Crippen LogP contribution >= 0.6 is 11.8 Å². The summed E-state index contributed by atoms with van der Waals surface area (Å²) in [6.45, 7) is 14.7. The van der Waals surface area contributed by atoms with Crippen LogP contribution in [0, 0.1) is 5.41 Å². The fourth-order valence-corrected chi connectivity index (χ4v) is 12.8. The zero-order valence-corrected chi connectivity index (χ0v) is 20.6. The minimum absolute atomic E-state index is 0. The fourth-order valence-electron chi connectivity index (χ4n) is 3.96. The molecule has 0 fully saturated rings. The molecule has 0 nitrogen and oxygen atoms in total. The SMILES string of the molecule is CCSC1([Si](C)(C)C2=[C]([Ti+2])CC=C2)CC=CC=C1C(C)(C)C.[Cl-].[Cl-]. The summed E-state index contributed by atoms with van der Waals surface area (Å²) in [6.07, 6.45) is 14.3. The van der Waals surface area contributed by atoms with Crippen molar-refractivity contribution >= 4 is 19.8 Å². The molecule has 2 rings (SSSR count). The molecular formula is C19H29Cl2SSiTi. The third-order valence-corrected chi connectivity index (χ3v) is 13.6. The van der Waals surface area contributed by atoms with Gasteiger partial charge < -0.3 is 24.8 Å². The van der Waals surface area contributed by atoms with Gasteiger partial charge in [-0.05, 0) is 0 Å². The number of allylic oxidation sites excluding steroid dienone is 7. The van der Waals surface area contributed by atoms with E-state index in [0.29, 0.717) is 4.37 Å². The van der Waals surface area contributed by atoms with Gasteiger partial charge in [0.25, 0.3) is 0 Å². The molecule has 0 aromatic rings. The normalized spacial score (nSPS) is 23.8. The molecular weight excluding hydrogens is 407 g/mol. The second kappa shape index (κ2) is 9.15. The van der Waals surface area contributed by atoms with Crippen molar-refractivity contribution in [2.45, 2.75) is 58.0 Å². The predicted molar refractivity (Wildman–Crippen MR) is 100 cm³/mol. The summed E-state index contributed by atoms with van der Waals surface area (Å²) >= 11 is 4.55.